The molecule has 0 aliphatic carbocycles. The van der Waals surface area contributed by atoms with Gasteiger partial charge < -0.3 is 4.98 Å². The largest absolute Gasteiger partial charge is 0.335 e. The minimum absolute atomic E-state index is 0.577. The highest BCUT2D eigenvalue weighted by atomic mass is 79.9. The van der Waals surface area contributed by atoms with Crippen molar-refractivity contribution in [1.29, 1.82) is 0 Å². The third-order valence-electron chi connectivity index (χ3n) is 3.14. The number of benzene rings is 2. The molecule has 6 nitrogen and oxygen atoms in total. The molecule has 102 valence electrons. The number of tetrazole rings is 1. The van der Waals surface area contributed by atoms with Crippen LogP contribution in [0.4, 0.5) is 0 Å². The molecule has 0 saturated heterocycles. The van der Waals surface area contributed by atoms with E-state index in [0.717, 1.165) is 21.2 Å². The second-order valence-electron chi connectivity index (χ2n) is 4.49. The summed E-state index contributed by atoms with van der Waals surface area (Å²) in [5, 5.41) is 11.9. The number of nitrogens with one attached hydrogen (secondary N) is 1. The predicted octanol–water partition coefficient (Wildman–Crippen LogP) is 2.97. The lowest BCUT2D eigenvalue weighted by atomic mass is 10.3. The van der Waals surface area contributed by atoms with Crippen molar-refractivity contribution in [2.24, 2.45) is 0 Å². The summed E-state index contributed by atoms with van der Waals surface area (Å²) in [5.74, 6) is 1.22. The van der Waals surface area contributed by atoms with Gasteiger partial charge in [-0.3, -0.25) is 0 Å². The van der Waals surface area contributed by atoms with E-state index in [1.807, 2.05) is 48.5 Å². The molecule has 0 radical (unpaired) electrons. The molecular weight excluding hydrogens is 332 g/mol. The summed E-state index contributed by atoms with van der Waals surface area (Å²) in [6, 6.07) is 15.6. The summed E-state index contributed by atoms with van der Waals surface area (Å²) in [7, 11) is 0. The van der Waals surface area contributed by atoms with Crippen molar-refractivity contribution in [3.8, 4) is 17.3 Å². The summed E-state index contributed by atoms with van der Waals surface area (Å²) >= 11 is 3.42. The molecule has 21 heavy (non-hydrogen) atoms. The molecule has 1 N–H and O–H groups in total. The molecule has 2 aromatic carbocycles. The fourth-order valence-electron chi connectivity index (χ4n) is 2.15. The molecule has 0 aliphatic rings. The van der Waals surface area contributed by atoms with Crippen molar-refractivity contribution in [3.05, 3.63) is 53.0 Å². The van der Waals surface area contributed by atoms with Crippen LogP contribution < -0.4 is 0 Å². The second kappa shape index (κ2) is 4.78. The molecule has 0 bridgehead atoms. The number of aromatic nitrogens is 6. The van der Waals surface area contributed by atoms with E-state index in [1.54, 1.807) is 4.68 Å². The first kappa shape index (κ1) is 12.2. The maximum absolute atomic E-state index is 4.53. The summed E-state index contributed by atoms with van der Waals surface area (Å²) < 4.78 is 2.66. The standard InChI is InChI=1S/C14H9BrN6/c15-9-5-7-10(8-6-9)21-14(18-19-20-21)13-16-11-3-1-2-4-12(11)17-13/h1-8H,(H,16,17). The minimum atomic E-state index is 0.577. The Hall–Kier alpha value is -2.54. The van der Waals surface area contributed by atoms with Gasteiger partial charge in [-0.2, -0.15) is 4.68 Å². The summed E-state index contributed by atoms with van der Waals surface area (Å²) in [6.07, 6.45) is 0. The number of imidazole rings is 1. The molecule has 4 aromatic rings. The number of hydrogen-bond acceptors (Lipinski definition) is 4. The Labute approximate surface area is 128 Å². The Morgan fingerprint density at radius 2 is 1.81 bits per heavy atom. The van der Waals surface area contributed by atoms with Gasteiger partial charge in [-0.1, -0.05) is 28.1 Å². The van der Waals surface area contributed by atoms with Crippen LogP contribution in [0.25, 0.3) is 28.4 Å². The smallest absolute Gasteiger partial charge is 0.222 e. The molecule has 4 rings (SSSR count). The van der Waals surface area contributed by atoms with Gasteiger partial charge in [0.2, 0.25) is 5.82 Å². The second-order valence-corrected chi connectivity index (χ2v) is 5.41. The Balaban J connectivity index is 1.86. The van der Waals surface area contributed by atoms with Crippen molar-refractivity contribution in [2.45, 2.75) is 0 Å². The van der Waals surface area contributed by atoms with Crippen LogP contribution in [0, 0.1) is 0 Å². The van der Waals surface area contributed by atoms with Crippen LogP contribution in [0.1, 0.15) is 0 Å². The lowest BCUT2D eigenvalue weighted by Gasteiger charge is -2.02. The molecule has 0 spiro atoms. The quantitative estimate of drug-likeness (QED) is 0.608. The number of fused-ring (bicyclic) bond motifs is 1. The van der Waals surface area contributed by atoms with Crippen LogP contribution in [0.15, 0.2) is 53.0 Å². The Kier molecular flexibility index (Phi) is 2.78. The van der Waals surface area contributed by atoms with Crippen molar-refractivity contribution in [2.75, 3.05) is 0 Å². The van der Waals surface area contributed by atoms with E-state index in [4.69, 9.17) is 0 Å². The van der Waals surface area contributed by atoms with Crippen LogP contribution in [-0.4, -0.2) is 30.2 Å². The maximum atomic E-state index is 4.53. The van der Waals surface area contributed by atoms with Crippen LogP contribution in [0.3, 0.4) is 0 Å². The van der Waals surface area contributed by atoms with Gasteiger partial charge in [-0.25, -0.2) is 4.98 Å². The van der Waals surface area contributed by atoms with Gasteiger partial charge >= 0.3 is 0 Å². The van der Waals surface area contributed by atoms with Gasteiger partial charge in [0.05, 0.1) is 16.7 Å². The molecule has 2 heterocycles. The van der Waals surface area contributed by atoms with E-state index in [9.17, 15) is 0 Å². The number of rotatable bonds is 2. The molecular formula is C14H9BrN6. The molecule has 0 saturated carbocycles. The zero-order chi connectivity index (χ0) is 14.2. The van der Waals surface area contributed by atoms with E-state index >= 15 is 0 Å². The van der Waals surface area contributed by atoms with Gasteiger partial charge in [0, 0.05) is 4.47 Å². The average Bonchev–Trinajstić information content (AvgIpc) is 3.14. The van der Waals surface area contributed by atoms with Crippen LogP contribution in [0.2, 0.25) is 0 Å². The topological polar surface area (TPSA) is 72.3 Å². The van der Waals surface area contributed by atoms with Crippen LogP contribution in [-0.2, 0) is 0 Å². The Bertz CT molecular complexity index is 876. The highest BCUT2D eigenvalue weighted by Gasteiger charge is 2.14. The van der Waals surface area contributed by atoms with E-state index < -0.39 is 0 Å². The zero-order valence-corrected chi connectivity index (χ0v) is 12.3. The number of halogens is 1. The molecule has 0 unspecified atom stereocenters. The molecule has 0 aliphatic heterocycles. The van der Waals surface area contributed by atoms with E-state index in [0.29, 0.717) is 11.6 Å². The maximum Gasteiger partial charge on any atom is 0.222 e. The fourth-order valence-corrected chi connectivity index (χ4v) is 2.41. The summed E-state index contributed by atoms with van der Waals surface area (Å²) in [4.78, 5) is 7.77. The predicted molar refractivity (Wildman–Crippen MR) is 81.9 cm³/mol. The Morgan fingerprint density at radius 1 is 1.00 bits per heavy atom. The van der Waals surface area contributed by atoms with Gasteiger partial charge in [0.1, 0.15) is 0 Å². The van der Waals surface area contributed by atoms with Crippen molar-refractivity contribution in [3.63, 3.8) is 0 Å². The lowest BCUT2D eigenvalue weighted by Crippen LogP contribution is -2.00. The van der Waals surface area contributed by atoms with Crippen molar-refractivity contribution < 1.29 is 0 Å². The van der Waals surface area contributed by atoms with Gasteiger partial charge in [0.15, 0.2) is 5.82 Å². The average molecular weight is 341 g/mol. The summed E-state index contributed by atoms with van der Waals surface area (Å²) in [5.41, 5.74) is 2.72. The number of para-hydroxylation sites is 2. The zero-order valence-electron chi connectivity index (χ0n) is 10.7. The minimum Gasteiger partial charge on any atom is -0.335 e. The first-order chi connectivity index (χ1) is 10.3. The van der Waals surface area contributed by atoms with E-state index in [2.05, 4.69) is 41.4 Å². The summed E-state index contributed by atoms with van der Waals surface area (Å²) in [6.45, 7) is 0. The molecule has 0 atom stereocenters. The third kappa shape index (κ3) is 2.11. The van der Waals surface area contributed by atoms with Gasteiger partial charge in [-0.15, -0.1) is 5.10 Å². The number of aromatic amines is 1. The lowest BCUT2D eigenvalue weighted by molar-refractivity contribution is 0.790. The first-order valence-electron chi connectivity index (χ1n) is 6.31. The fraction of sp³-hybridized carbons (Fsp3) is 0. The molecule has 0 amide bonds. The highest BCUT2D eigenvalue weighted by Crippen LogP contribution is 2.21. The monoisotopic (exact) mass is 340 g/mol. The van der Waals surface area contributed by atoms with Crippen molar-refractivity contribution in [1.82, 2.24) is 30.2 Å². The SMILES string of the molecule is Brc1ccc(-n2nnnc2-c2nc3ccccc3[nH]2)cc1. The van der Waals surface area contributed by atoms with E-state index in [-0.39, 0.29) is 0 Å². The molecule has 7 heteroatoms. The number of hydrogen-bond donors (Lipinski definition) is 1. The third-order valence-corrected chi connectivity index (χ3v) is 3.67. The van der Waals surface area contributed by atoms with Gasteiger partial charge in [-0.05, 0) is 46.8 Å². The van der Waals surface area contributed by atoms with Crippen LogP contribution in [0.5, 0.6) is 0 Å². The highest BCUT2D eigenvalue weighted by molar-refractivity contribution is 9.10. The first-order valence-corrected chi connectivity index (χ1v) is 7.10. The number of H-pyrrole nitrogens is 1. The Morgan fingerprint density at radius 3 is 2.62 bits per heavy atom. The molecule has 2 aromatic heterocycles. The van der Waals surface area contributed by atoms with Gasteiger partial charge in [0.25, 0.3) is 0 Å². The molecule has 0 fully saturated rings. The van der Waals surface area contributed by atoms with Crippen molar-refractivity contribution >= 4 is 27.0 Å². The van der Waals surface area contributed by atoms with Crippen LogP contribution >= 0.6 is 15.9 Å². The van der Waals surface area contributed by atoms with E-state index in [1.165, 1.54) is 0 Å². The number of nitrogens with zero attached hydrogens (tertiary/aromatic N) is 5. The normalized spacial score (nSPS) is 11.1.